The molecule has 9 heteroatoms. The summed E-state index contributed by atoms with van der Waals surface area (Å²) in [6.07, 6.45) is 2.97. The lowest BCUT2D eigenvalue weighted by Crippen LogP contribution is -2.30. The molecule has 0 aliphatic carbocycles. The number of amides is 2. The van der Waals surface area contributed by atoms with E-state index in [0.29, 0.717) is 36.6 Å². The number of hydrogen-bond acceptors (Lipinski definition) is 5. The average Bonchev–Trinajstić information content (AvgIpc) is 2.79. The lowest BCUT2D eigenvalue weighted by Gasteiger charge is -2.20. The van der Waals surface area contributed by atoms with Crippen molar-refractivity contribution in [3.05, 3.63) is 59.7 Å². The number of nitrogens with zero attached hydrogens (tertiary/aromatic N) is 1. The van der Waals surface area contributed by atoms with Gasteiger partial charge < -0.3 is 16.0 Å². The first-order valence-corrected chi connectivity index (χ1v) is 11.9. The van der Waals surface area contributed by atoms with Crippen LogP contribution in [-0.4, -0.2) is 51.2 Å². The zero-order chi connectivity index (χ0) is 23.7. The van der Waals surface area contributed by atoms with E-state index in [1.54, 1.807) is 57.3 Å². The van der Waals surface area contributed by atoms with Crippen molar-refractivity contribution >= 4 is 39.3 Å². The fourth-order valence-corrected chi connectivity index (χ4v) is 4.57. The summed E-state index contributed by atoms with van der Waals surface area (Å²) in [6.45, 7) is 6.80. The number of carbonyl (C=O) groups excluding carboxylic acids is 2. The Balaban J connectivity index is 2.25. The standard InChI is InChI=1S/C23H30N4O4S/c1-5-25-20-14-13-19(32(30,31)27(6-2)7-3)16-21(20)26-22(28)15-10-17-8-11-18(12-9-17)23(29)24-4/h8-16,25H,5-7H2,1-4H3,(H,24,29)(H,26,28). The van der Waals surface area contributed by atoms with Gasteiger partial charge in [0.2, 0.25) is 15.9 Å². The number of anilines is 2. The first kappa shape index (κ1) is 25.1. The maximum atomic E-state index is 12.9. The Kier molecular flexibility index (Phi) is 8.98. The summed E-state index contributed by atoms with van der Waals surface area (Å²) in [7, 11) is -2.10. The zero-order valence-corrected chi connectivity index (χ0v) is 19.6. The molecule has 0 spiro atoms. The molecule has 0 atom stereocenters. The van der Waals surface area contributed by atoms with E-state index in [0.717, 1.165) is 5.56 Å². The smallest absolute Gasteiger partial charge is 0.251 e. The van der Waals surface area contributed by atoms with Gasteiger partial charge in [-0.1, -0.05) is 26.0 Å². The second-order valence-corrected chi connectivity index (χ2v) is 8.79. The Hall–Kier alpha value is -3.17. The highest BCUT2D eigenvalue weighted by molar-refractivity contribution is 7.89. The third-order valence-electron chi connectivity index (χ3n) is 4.79. The topological polar surface area (TPSA) is 108 Å². The first-order valence-electron chi connectivity index (χ1n) is 10.5. The van der Waals surface area contributed by atoms with E-state index in [-0.39, 0.29) is 10.8 Å². The molecule has 0 radical (unpaired) electrons. The van der Waals surface area contributed by atoms with Crippen LogP contribution in [0, 0.1) is 0 Å². The maximum absolute atomic E-state index is 12.9. The molecule has 2 rings (SSSR count). The van der Waals surface area contributed by atoms with Crippen molar-refractivity contribution in [1.82, 2.24) is 9.62 Å². The Bertz CT molecular complexity index is 1080. The van der Waals surface area contributed by atoms with Gasteiger partial charge in [-0.3, -0.25) is 9.59 Å². The molecule has 0 saturated carbocycles. The SMILES string of the molecule is CCNc1ccc(S(=O)(=O)N(CC)CC)cc1NC(=O)C=Cc1ccc(C(=O)NC)cc1. The number of sulfonamides is 1. The molecule has 8 nitrogen and oxygen atoms in total. The molecule has 2 aromatic rings. The predicted octanol–water partition coefficient (Wildman–Crippen LogP) is 3.16. The van der Waals surface area contributed by atoms with Crippen molar-refractivity contribution in [3.63, 3.8) is 0 Å². The normalized spacial score (nSPS) is 11.5. The first-order chi connectivity index (χ1) is 15.3. The molecular weight excluding hydrogens is 428 g/mol. The van der Waals surface area contributed by atoms with Crippen LogP contribution < -0.4 is 16.0 Å². The number of rotatable bonds is 10. The van der Waals surface area contributed by atoms with Gasteiger partial charge in [-0.25, -0.2) is 8.42 Å². The molecule has 0 aliphatic heterocycles. The third-order valence-corrected chi connectivity index (χ3v) is 6.83. The van der Waals surface area contributed by atoms with Crippen LogP contribution in [-0.2, 0) is 14.8 Å². The second kappa shape index (κ2) is 11.4. The zero-order valence-electron chi connectivity index (χ0n) is 18.8. The number of carbonyl (C=O) groups is 2. The molecule has 0 bridgehead atoms. The molecule has 32 heavy (non-hydrogen) atoms. The summed E-state index contributed by atoms with van der Waals surface area (Å²) in [6, 6.07) is 11.4. The van der Waals surface area contributed by atoms with Crippen LogP contribution in [0.2, 0.25) is 0 Å². The Morgan fingerprint density at radius 3 is 2.19 bits per heavy atom. The van der Waals surface area contributed by atoms with Crippen LogP contribution in [0.1, 0.15) is 36.7 Å². The van der Waals surface area contributed by atoms with Crippen LogP contribution in [0.25, 0.3) is 6.08 Å². The van der Waals surface area contributed by atoms with E-state index in [1.165, 1.54) is 22.5 Å². The largest absolute Gasteiger partial charge is 0.384 e. The fourth-order valence-electron chi connectivity index (χ4n) is 3.08. The molecule has 3 N–H and O–H groups in total. The van der Waals surface area contributed by atoms with Crippen molar-refractivity contribution in [2.45, 2.75) is 25.7 Å². The van der Waals surface area contributed by atoms with Crippen LogP contribution in [0.4, 0.5) is 11.4 Å². The molecular formula is C23H30N4O4S. The Labute approximate surface area is 189 Å². The fraction of sp³-hybridized carbons (Fsp3) is 0.304. The summed E-state index contributed by atoms with van der Waals surface area (Å²) in [5, 5.41) is 8.44. The highest BCUT2D eigenvalue weighted by Crippen LogP contribution is 2.27. The van der Waals surface area contributed by atoms with E-state index >= 15 is 0 Å². The van der Waals surface area contributed by atoms with Gasteiger partial charge in [0.05, 0.1) is 16.3 Å². The lowest BCUT2D eigenvalue weighted by molar-refractivity contribution is -0.111. The van der Waals surface area contributed by atoms with Gasteiger partial charge in [0.25, 0.3) is 5.91 Å². The van der Waals surface area contributed by atoms with E-state index in [2.05, 4.69) is 16.0 Å². The van der Waals surface area contributed by atoms with Crippen LogP contribution in [0.3, 0.4) is 0 Å². The molecule has 0 saturated heterocycles. The Morgan fingerprint density at radius 2 is 1.62 bits per heavy atom. The quantitative estimate of drug-likeness (QED) is 0.474. The number of hydrogen-bond donors (Lipinski definition) is 3. The lowest BCUT2D eigenvalue weighted by atomic mass is 10.1. The molecule has 2 amide bonds. The molecule has 0 heterocycles. The minimum atomic E-state index is -3.66. The molecule has 172 valence electrons. The maximum Gasteiger partial charge on any atom is 0.251 e. The van der Waals surface area contributed by atoms with E-state index in [1.807, 2.05) is 6.92 Å². The molecule has 0 aromatic heterocycles. The van der Waals surface area contributed by atoms with Gasteiger partial charge in [0, 0.05) is 38.3 Å². The van der Waals surface area contributed by atoms with Crippen LogP contribution >= 0.6 is 0 Å². The highest BCUT2D eigenvalue weighted by Gasteiger charge is 2.22. The van der Waals surface area contributed by atoms with Gasteiger partial charge in [0.1, 0.15) is 0 Å². The monoisotopic (exact) mass is 458 g/mol. The number of benzene rings is 2. The van der Waals surface area contributed by atoms with Gasteiger partial charge in [-0.2, -0.15) is 4.31 Å². The summed E-state index contributed by atoms with van der Waals surface area (Å²) < 4.78 is 27.1. The van der Waals surface area contributed by atoms with Crippen molar-refractivity contribution in [2.75, 3.05) is 37.3 Å². The molecule has 0 aliphatic rings. The molecule has 0 unspecified atom stereocenters. The average molecular weight is 459 g/mol. The van der Waals surface area contributed by atoms with E-state index in [9.17, 15) is 18.0 Å². The van der Waals surface area contributed by atoms with Gasteiger partial charge in [-0.15, -0.1) is 0 Å². The highest BCUT2D eigenvalue weighted by atomic mass is 32.2. The summed E-state index contributed by atoms with van der Waals surface area (Å²) in [5.41, 5.74) is 2.28. The van der Waals surface area contributed by atoms with Gasteiger partial charge >= 0.3 is 0 Å². The predicted molar refractivity (Wildman–Crippen MR) is 128 cm³/mol. The van der Waals surface area contributed by atoms with Crippen molar-refractivity contribution in [1.29, 1.82) is 0 Å². The number of nitrogens with one attached hydrogen (secondary N) is 3. The van der Waals surface area contributed by atoms with E-state index < -0.39 is 15.9 Å². The second-order valence-electron chi connectivity index (χ2n) is 6.85. The van der Waals surface area contributed by atoms with Crippen molar-refractivity contribution in [2.24, 2.45) is 0 Å². The summed E-state index contributed by atoms with van der Waals surface area (Å²) in [4.78, 5) is 24.3. The van der Waals surface area contributed by atoms with Crippen molar-refractivity contribution in [3.8, 4) is 0 Å². The van der Waals surface area contributed by atoms with Gasteiger partial charge in [-0.05, 0) is 48.9 Å². The Morgan fingerprint density at radius 1 is 0.969 bits per heavy atom. The summed E-state index contributed by atoms with van der Waals surface area (Å²) in [5.74, 6) is -0.592. The van der Waals surface area contributed by atoms with Gasteiger partial charge in [0.15, 0.2) is 0 Å². The third kappa shape index (κ3) is 6.18. The van der Waals surface area contributed by atoms with E-state index in [4.69, 9.17) is 0 Å². The van der Waals surface area contributed by atoms with Crippen LogP contribution in [0.15, 0.2) is 53.4 Å². The van der Waals surface area contributed by atoms with Crippen molar-refractivity contribution < 1.29 is 18.0 Å². The minimum absolute atomic E-state index is 0.118. The van der Waals surface area contributed by atoms with Crippen LogP contribution in [0.5, 0.6) is 0 Å². The molecule has 0 fully saturated rings. The summed E-state index contributed by atoms with van der Waals surface area (Å²) >= 11 is 0. The molecule has 2 aromatic carbocycles. The minimum Gasteiger partial charge on any atom is -0.384 e.